The average Bonchev–Trinajstić information content (AvgIpc) is 3.28. The molecule has 0 saturated carbocycles. The minimum absolute atomic E-state index is 0.0917. The molecule has 0 unspecified atom stereocenters. The smallest absolute Gasteiger partial charge is 0.269 e. The molecule has 37 heavy (non-hydrogen) atoms. The van der Waals surface area contributed by atoms with E-state index in [1.807, 2.05) is 7.05 Å². The molecule has 0 saturated heterocycles. The van der Waals surface area contributed by atoms with E-state index in [1.165, 1.54) is 4.68 Å². The van der Waals surface area contributed by atoms with Gasteiger partial charge in [-0.1, -0.05) is 0 Å². The van der Waals surface area contributed by atoms with Crippen LogP contribution in [0.3, 0.4) is 0 Å². The molecule has 0 atom stereocenters. The Morgan fingerprint density at radius 3 is 2.38 bits per heavy atom. The van der Waals surface area contributed by atoms with Gasteiger partial charge in [0.05, 0.1) is 12.8 Å². The number of carbonyl (C=O) groups excluding carboxylic acids is 3. The van der Waals surface area contributed by atoms with Gasteiger partial charge in [-0.15, -0.1) is 0 Å². The number of anilines is 2. The second-order valence-electron chi connectivity index (χ2n) is 9.03. The summed E-state index contributed by atoms with van der Waals surface area (Å²) in [7, 11) is 5.60. The molecule has 0 bridgehead atoms. The van der Waals surface area contributed by atoms with E-state index in [0.717, 1.165) is 42.6 Å². The first kappa shape index (κ1) is 27.4. The zero-order valence-corrected chi connectivity index (χ0v) is 21.9. The molecule has 0 radical (unpaired) electrons. The third kappa shape index (κ3) is 6.55. The van der Waals surface area contributed by atoms with Gasteiger partial charge in [-0.2, -0.15) is 5.10 Å². The second-order valence-corrected chi connectivity index (χ2v) is 9.03. The highest BCUT2D eigenvalue weighted by Gasteiger charge is 2.22. The summed E-state index contributed by atoms with van der Waals surface area (Å²) in [5.41, 5.74) is 10.5. The van der Waals surface area contributed by atoms with Gasteiger partial charge in [-0.25, -0.2) is 4.68 Å². The summed E-state index contributed by atoms with van der Waals surface area (Å²) >= 11 is 0. The van der Waals surface area contributed by atoms with E-state index in [2.05, 4.69) is 47.1 Å². The number of aldehydes is 2. The molecule has 0 aliphatic heterocycles. The van der Waals surface area contributed by atoms with Gasteiger partial charge in [0.25, 0.3) is 5.91 Å². The summed E-state index contributed by atoms with van der Waals surface area (Å²) in [4.78, 5) is 39.1. The van der Waals surface area contributed by atoms with Crippen molar-refractivity contribution in [3.63, 3.8) is 0 Å². The van der Waals surface area contributed by atoms with Gasteiger partial charge in [0.15, 0.2) is 12.0 Å². The Morgan fingerprint density at radius 2 is 1.78 bits per heavy atom. The second kappa shape index (κ2) is 12.7. The van der Waals surface area contributed by atoms with E-state index in [0.29, 0.717) is 48.4 Å². The highest BCUT2D eigenvalue weighted by molar-refractivity contribution is 5.95. The first-order valence-electron chi connectivity index (χ1n) is 12.3. The molecule has 9 nitrogen and oxygen atoms in total. The van der Waals surface area contributed by atoms with Crippen molar-refractivity contribution in [1.82, 2.24) is 9.78 Å². The number of unbranched alkanes of at least 4 members (excludes halogenated alkanes) is 2. The van der Waals surface area contributed by atoms with Gasteiger partial charge in [0.2, 0.25) is 0 Å². The number of ether oxygens (including phenoxy) is 1. The summed E-state index contributed by atoms with van der Waals surface area (Å²) in [6, 6.07) is 13.3. The third-order valence-corrected chi connectivity index (χ3v) is 6.48. The van der Waals surface area contributed by atoms with E-state index >= 15 is 0 Å². The van der Waals surface area contributed by atoms with Crippen LogP contribution in [-0.4, -0.2) is 62.6 Å². The number of hydrogen-bond donors (Lipinski definition) is 1. The zero-order chi connectivity index (χ0) is 26.9. The SMILES string of the molecule is COc1ccc(-n2nc(C(N)=O)c(CCN(C)c3ccc(N(C)CCCCC=O)c(C)c3)c2C=O)cc1. The highest BCUT2D eigenvalue weighted by atomic mass is 16.5. The Morgan fingerprint density at radius 1 is 1.05 bits per heavy atom. The van der Waals surface area contributed by atoms with E-state index in [4.69, 9.17) is 10.5 Å². The van der Waals surface area contributed by atoms with Gasteiger partial charge in [-0.05, 0) is 74.2 Å². The van der Waals surface area contributed by atoms with Crippen LogP contribution in [0.1, 0.15) is 51.4 Å². The number of methoxy groups -OCH3 is 1. The molecule has 2 aromatic carbocycles. The van der Waals surface area contributed by atoms with Gasteiger partial charge >= 0.3 is 0 Å². The largest absolute Gasteiger partial charge is 0.497 e. The molecular weight excluding hydrogens is 470 g/mol. The lowest BCUT2D eigenvalue weighted by Crippen LogP contribution is -2.23. The standard InChI is InChI=1S/C28H35N5O4/c1-20-18-22(10-13-25(20)32(3)15-6-5-7-17-34)31(2)16-14-24-26(19-35)33(30-27(24)28(29)36)21-8-11-23(37-4)12-9-21/h8-13,17-19H,5-7,14-16H2,1-4H3,(H2,29,36). The average molecular weight is 506 g/mol. The fourth-order valence-electron chi connectivity index (χ4n) is 4.36. The number of carbonyl (C=O) groups is 3. The molecule has 1 amide bonds. The molecule has 196 valence electrons. The first-order chi connectivity index (χ1) is 17.8. The maximum absolute atomic E-state index is 12.2. The maximum atomic E-state index is 12.2. The molecule has 1 aromatic heterocycles. The number of likely N-dealkylation sites (N-methyl/N-ethyl adjacent to an activating group) is 1. The van der Waals surface area contributed by atoms with Crippen LogP contribution >= 0.6 is 0 Å². The van der Waals surface area contributed by atoms with Gasteiger partial charge in [0.1, 0.15) is 17.7 Å². The van der Waals surface area contributed by atoms with Gasteiger partial charge in [0, 0.05) is 50.5 Å². The van der Waals surface area contributed by atoms with Crippen LogP contribution in [0.5, 0.6) is 5.75 Å². The monoisotopic (exact) mass is 505 g/mol. The van der Waals surface area contributed by atoms with Crippen LogP contribution < -0.4 is 20.3 Å². The van der Waals surface area contributed by atoms with Crippen LogP contribution in [0.15, 0.2) is 42.5 Å². The van der Waals surface area contributed by atoms with Crippen molar-refractivity contribution >= 4 is 29.9 Å². The van der Waals surface area contributed by atoms with Crippen LogP contribution in [0.4, 0.5) is 11.4 Å². The minimum atomic E-state index is -0.676. The minimum Gasteiger partial charge on any atom is -0.497 e. The molecule has 0 spiro atoms. The third-order valence-electron chi connectivity index (χ3n) is 6.48. The number of nitrogens with zero attached hydrogens (tertiary/aromatic N) is 4. The number of aryl methyl sites for hydroxylation is 1. The summed E-state index contributed by atoms with van der Waals surface area (Å²) in [6.45, 7) is 3.51. The lowest BCUT2D eigenvalue weighted by Gasteiger charge is -2.25. The summed E-state index contributed by atoms with van der Waals surface area (Å²) in [5.74, 6) is -0.00433. The number of amides is 1. The maximum Gasteiger partial charge on any atom is 0.269 e. The Hall–Kier alpha value is -4.14. The van der Waals surface area contributed by atoms with Crippen molar-refractivity contribution < 1.29 is 19.1 Å². The number of hydrogen-bond acceptors (Lipinski definition) is 7. The molecule has 0 aliphatic rings. The molecule has 3 aromatic rings. The van der Waals surface area contributed by atoms with E-state index in [9.17, 15) is 14.4 Å². The topological polar surface area (TPSA) is 111 Å². The predicted molar refractivity (Wildman–Crippen MR) is 145 cm³/mol. The van der Waals surface area contributed by atoms with Crippen molar-refractivity contribution in [3.8, 4) is 11.4 Å². The molecule has 2 N–H and O–H groups in total. The molecule has 0 fully saturated rings. The summed E-state index contributed by atoms with van der Waals surface area (Å²) in [5, 5.41) is 4.36. The normalized spacial score (nSPS) is 10.7. The lowest BCUT2D eigenvalue weighted by atomic mass is 10.1. The number of primary amides is 1. The Kier molecular flexibility index (Phi) is 9.43. The number of nitrogens with two attached hydrogens (primary N) is 1. The first-order valence-corrected chi connectivity index (χ1v) is 12.3. The molecule has 9 heteroatoms. The van der Waals surface area contributed by atoms with E-state index in [1.54, 1.807) is 31.4 Å². The Balaban J connectivity index is 1.77. The van der Waals surface area contributed by atoms with Crippen molar-refractivity contribution in [1.29, 1.82) is 0 Å². The van der Waals surface area contributed by atoms with Gasteiger partial charge < -0.3 is 25.1 Å². The highest BCUT2D eigenvalue weighted by Crippen LogP contribution is 2.26. The van der Waals surface area contributed by atoms with Crippen LogP contribution in [0.25, 0.3) is 5.69 Å². The van der Waals surface area contributed by atoms with Crippen LogP contribution in [0.2, 0.25) is 0 Å². The van der Waals surface area contributed by atoms with E-state index < -0.39 is 5.91 Å². The van der Waals surface area contributed by atoms with Crippen molar-refractivity contribution in [3.05, 3.63) is 65.0 Å². The number of benzene rings is 2. The molecule has 0 aliphatic carbocycles. The van der Waals surface area contributed by atoms with Gasteiger partial charge in [-0.3, -0.25) is 9.59 Å². The van der Waals surface area contributed by atoms with Crippen LogP contribution in [-0.2, 0) is 11.2 Å². The molecule has 3 rings (SSSR count). The number of aromatic nitrogens is 2. The predicted octanol–water partition coefficient (Wildman–Crippen LogP) is 3.59. The van der Waals surface area contributed by atoms with Crippen molar-refractivity contribution in [2.45, 2.75) is 32.6 Å². The Bertz CT molecular complexity index is 1240. The fraction of sp³-hybridized carbons (Fsp3) is 0.357. The summed E-state index contributed by atoms with van der Waals surface area (Å²) < 4.78 is 6.65. The zero-order valence-electron chi connectivity index (χ0n) is 21.9. The molecular formula is C28H35N5O4. The fourth-order valence-corrected chi connectivity index (χ4v) is 4.36. The quantitative estimate of drug-likeness (QED) is 0.263. The van der Waals surface area contributed by atoms with E-state index in [-0.39, 0.29) is 5.69 Å². The van der Waals surface area contributed by atoms with Crippen molar-refractivity contribution in [2.75, 3.05) is 44.1 Å². The number of rotatable bonds is 14. The Labute approximate surface area is 217 Å². The lowest BCUT2D eigenvalue weighted by molar-refractivity contribution is -0.107. The summed E-state index contributed by atoms with van der Waals surface area (Å²) in [6.07, 6.45) is 4.53. The molecule has 1 heterocycles. The van der Waals surface area contributed by atoms with Crippen LogP contribution in [0, 0.1) is 6.92 Å². The van der Waals surface area contributed by atoms with Crippen molar-refractivity contribution in [2.24, 2.45) is 5.73 Å².